The number of hydrogen-bond acceptors (Lipinski definition) is 3. The van der Waals surface area contributed by atoms with Crippen LogP contribution in [0.5, 0.6) is 0 Å². The van der Waals surface area contributed by atoms with E-state index >= 15 is 0 Å². The van der Waals surface area contributed by atoms with E-state index < -0.39 is 10.2 Å². The van der Waals surface area contributed by atoms with E-state index in [0.29, 0.717) is 6.54 Å². The first kappa shape index (κ1) is 13.4. The second kappa shape index (κ2) is 5.62. The molecule has 1 heterocycles. The highest BCUT2D eigenvalue weighted by molar-refractivity contribution is 7.86. The SMILES string of the molecule is CC1CCCCN1S(=O)(=O)N(C)CCC#N. The van der Waals surface area contributed by atoms with Gasteiger partial charge in [-0.2, -0.15) is 22.3 Å². The Balaban J connectivity index is 2.72. The first-order chi connectivity index (χ1) is 7.50. The average Bonchev–Trinajstić information content (AvgIpc) is 2.26. The molecule has 1 unspecified atom stereocenters. The van der Waals surface area contributed by atoms with Gasteiger partial charge in [-0.15, -0.1) is 0 Å². The molecule has 0 bridgehead atoms. The Labute approximate surface area is 97.8 Å². The van der Waals surface area contributed by atoms with E-state index in [0.717, 1.165) is 19.3 Å². The minimum atomic E-state index is -3.37. The summed E-state index contributed by atoms with van der Waals surface area (Å²) in [6, 6.07) is 2.03. The van der Waals surface area contributed by atoms with E-state index in [1.807, 2.05) is 13.0 Å². The highest BCUT2D eigenvalue weighted by Crippen LogP contribution is 2.21. The molecule has 1 atom stereocenters. The predicted octanol–water partition coefficient (Wildman–Crippen LogP) is 0.951. The van der Waals surface area contributed by atoms with Crippen LogP contribution in [0.4, 0.5) is 0 Å². The lowest BCUT2D eigenvalue weighted by molar-refractivity contribution is 0.251. The van der Waals surface area contributed by atoms with Crippen LogP contribution in [-0.2, 0) is 10.2 Å². The number of nitriles is 1. The van der Waals surface area contributed by atoms with Crippen LogP contribution in [0.2, 0.25) is 0 Å². The van der Waals surface area contributed by atoms with Crippen molar-refractivity contribution in [1.29, 1.82) is 5.26 Å². The molecule has 6 heteroatoms. The van der Waals surface area contributed by atoms with Gasteiger partial charge in [-0.25, -0.2) is 0 Å². The van der Waals surface area contributed by atoms with Crippen LogP contribution in [0.1, 0.15) is 32.6 Å². The fraction of sp³-hybridized carbons (Fsp3) is 0.900. The summed E-state index contributed by atoms with van der Waals surface area (Å²) in [6.45, 7) is 2.80. The molecule has 1 fully saturated rings. The number of hydrogen-bond donors (Lipinski definition) is 0. The molecule has 0 aliphatic carbocycles. The first-order valence-electron chi connectivity index (χ1n) is 5.60. The van der Waals surface area contributed by atoms with E-state index in [-0.39, 0.29) is 19.0 Å². The second-order valence-electron chi connectivity index (χ2n) is 4.19. The van der Waals surface area contributed by atoms with Gasteiger partial charge in [-0.1, -0.05) is 6.42 Å². The maximum Gasteiger partial charge on any atom is 0.281 e. The maximum atomic E-state index is 12.1. The topological polar surface area (TPSA) is 64.4 Å². The average molecular weight is 245 g/mol. The Kier molecular flexibility index (Phi) is 4.71. The lowest BCUT2D eigenvalue weighted by atomic mass is 10.1. The van der Waals surface area contributed by atoms with Gasteiger partial charge in [0.25, 0.3) is 10.2 Å². The summed E-state index contributed by atoms with van der Waals surface area (Å²) in [5.41, 5.74) is 0. The molecule has 1 aliphatic heterocycles. The normalized spacial score (nSPS) is 23.2. The third kappa shape index (κ3) is 2.94. The molecule has 1 rings (SSSR count). The van der Waals surface area contributed by atoms with Crippen LogP contribution < -0.4 is 0 Å². The van der Waals surface area contributed by atoms with Crippen LogP contribution in [-0.4, -0.2) is 43.2 Å². The van der Waals surface area contributed by atoms with Crippen LogP contribution in [0.3, 0.4) is 0 Å². The zero-order valence-electron chi connectivity index (χ0n) is 9.89. The standard InChI is InChI=1S/C10H19N3O2S/c1-10-6-3-4-9-13(10)16(14,15)12(2)8-5-7-11/h10H,3-6,8-9H2,1-2H3. The van der Waals surface area contributed by atoms with Crippen molar-refractivity contribution in [2.45, 2.75) is 38.6 Å². The number of rotatable bonds is 4. The van der Waals surface area contributed by atoms with E-state index in [2.05, 4.69) is 0 Å². The third-order valence-electron chi connectivity index (χ3n) is 2.97. The highest BCUT2D eigenvalue weighted by atomic mass is 32.2. The van der Waals surface area contributed by atoms with Crippen molar-refractivity contribution in [3.63, 3.8) is 0 Å². The fourth-order valence-corrected chi connectivity index (χ4v) is 3.52. The Morgan fingerprint density at radius 2 is 2.19 bits per heavy atom. The van der Waals surface area contributed by atoms with Gasteiger partial charge < -0.3 is 0 Å². The summed E-state index contributed by atoms with van der Waals surface area (Å²) in [4.78, 5) is 0. The van der Waals surface area contributed by atoms with Gasteiger partial charge in [0, 0.05) is 32.6 Å². The molecule has 1 aliphatic rings. The number of piperidine rings is 1. The van der Waals surface area contributed by atoms with Crippen molar-refractivity contribution in [2.24, 2.45) is 0 Å². The predicted molar refractivity (Wildman–Crippen MR) is 61.8 cm³/mol. The smallest absolute Gasteiger partial charge is 0.198 e. The van der Waals surface area contributed by atoms with Crippen molar-refractivity contribution in [3.8, 4) is 6.07 Å². The Bertz CT molecular complexity index is 361. The van der Waals surface area contributed by atoms with Crippen molar-refractivity contribution in [3.05, 3.63) is 0 Å². The van der Waals surface area contributed by atoms with E-state index in [4.69, 9.17) is 5.26 Å². The summed E-state index contributed by atoms with van der Waals surface area (Å²) >= 11 is 0. The summed E-state index contributed by atoms with van der Waals surface area (Å²) in [5.74, 6) is 0. The Morgan fingerprint density at radius 1 is 1.50 bits per heavy atom. The molecule has 0 saturated carbocycles. The molecule has 0 amide bonds. The maximum absolute atomic E-state index is 12.1. The van der Waals surface area contributed by atoms with Crippen LogP contribution in [0, 0.1) is 11.3 Å². The van der Waals surface area contributed by atoms with Crippen molar-refractivity contribution in [1.82, 2.24) is 8.61 Å². The van der Waals surface area contributed by atoms with E-state index in [9.17, 15) is 8.42 Å². The summed E-state index contributed by atoms with van der Waals surface area (Å²) in [7, 11) is -1.83. The lowest BCUT2D eigenvalue weighted by Crippen LogP contribution is -2.48. The molecule has 1 saturated heterocycles. The zero-order chi connectivity index (χ0) is 12.2. The fourth-order valence-electron chi connectivity index (χ4n) is 1.92. The third-order valence-corrected chi connectivity index (χ3v) is 5.08. The van der Waals surface area contributed by atoms with Gasteiger partial charge >= 0.3 is 0 Å². The summed E-state index contributed by atoms with van der Waals surface area (Å²) < 4.78 is 27.1. The molecule has 0 radical (unpaired) electrons. The molecule has 16 heavy (non-hydrogen) atoms. The van der Waals surface area contributed by atoms with Crippen LogP contribution >= 0.6 is 0 Å². The highest BCUT2D eigenvalue weighted by Gasteiger charge is 2.32. The lowest BCUT2D eigenvalue weighted by Gasteiger charge is -2.34. The van der Waals surface area contributed by atoms with Crippen LogP contribution in [0.15, 0.2) is 0 Å². The Morgan fingerprint density at radius 3 is 2.75 bits per heavy atom. The summed E-state index contributed by atoms with van der Waals surface area (Å²) in [6.07, 6.45) is 3.17. The zero-order valence-corrected chi connectivity index (χ0v) is 10.7. The molecule has 0 aromatic heterocycles. The quantitative estimate of drug-likeness (QED) is 0.740. The molecule has 0 aromatic rings. The summed E-state index contributed by atoms with van der Waals surface area (Å²) in [5, 5.41) is 8.46. The monoisotopic (exact) mass is 245 g/mol. The minimum Gasteiger partial charge on any atom is -0.198 e. The van der Waals surface area contributed by atoms with Crippen molar-refractivity contribution >= 4 is 10.2 Å². The molecular formula is C10H19N3O2S. The molecular weight excluding hydrogens is 226 g/mol. The van der Waals surface area contributed by atoms with Crippen molar-refractivity contribution in [2.75, 3.05) is 20.1 Å². The van der Waals surface area contributed by atoms with Gasteiger partial charge in [-0.3, -0.25) is 0 Å². The van der Waals surface area contributed by atoms with Gasteiger partial charge in [0.15, 0.2) is 0 Å². The largest absolute Gasteiger partial charge is 0.281 e. The van der Waals surface area contributed by atoms with E-state index in [1.54, 1.807) is 4.31 Å². The van der Waals surface area contributed by atoms with E-state index in [1.165, 1.54) is 11.4 Å². The molecule has 5 nitrogen and oxygen atoms in total. The second-order valence-corrected chi connectivity index (χ2v) is 6.18. The molecule has 92 valence electrons. The first-order valence-corrected chi connectivity index (χ1v) is 7.00. The van der Waals surface area contributed by atoms with Gasteiger partial charge in [-0.05, 0) is 19.8 Å². The van der Waals surface area contributed by atoms with Gasteiger partial charge in [0.05, 0.1) is 6.07 Å². The van der Waals surface area contributed by atoms with Gasteiger partial charge in [0.1, 0.15) is 0 Å². The van der Waals surface area contributed by atoms with Gasteiger partial charge in [0.2, 0.25) is 0 Å². The van der Waals surface area contributed by atoms with Crippen molar-refractivity contribution < 1.29 is 8.42 Å². The number of nitrogens with zero attached hydrogens (tertiary/aromatic N) is 3. The Hall–Kier alpha value is -0.640. The minimum absolute atomic E-state index is 0.0725. The molecule has 0 spiro atoms. The van der Waals surface area contributed by atoms with Crippen LogP contribution in [0.25, 0.3) is 0 Å². The molecule has 0 N–H and O–H groups in total. The molecule has 0 aromatic carbocycles.